The Morgan fingerprint density at radius 2 is 1.86 bits per heavy atom. The number of carbonyl (C=O) groups is 1. The van der Waals surface area contributed by atoms with Crippen LogP contribution in [0.1, 0.15) is 29.6 Å². The van der Waals surface area contributed by atoms with Crippen LogP contribution < -0.4 is 5.14 Å². The molecular weight excluding hydrogens is 312 g/mol. The third-order valence-corrected chi connectivity index (χ3v) is 5.75. The number of halogens is 1. The topological polar surface area (TPSA) is 80.5 Å². The zero-order valence-electron chi connectivity index (χ0n) is 11.5. The first-order valence-corrected chi connectivity index (χ1v) is 8.90. The second-order valence-corrected chi connectivity index (χ2v) is 7.82. The number of nitrogens with zero attached hydrogens (tertiary/aromatic N) is 1. The van der Waals surface area contributed by atoms with Crippen LogP contribution in [0.2, 0.25) is 5.02 Å². The summed E-state index contributed by atoms with van der Waals surface area (Å²) in [7, 11) is -3.84. The number of hydrogen-bond donors (Lipinski definition) is 1. The fraction of sp³-hybridized carbons (Fsp3) is 0.500. The molecule has 1 aromatic carbocycles. The summed E-state index contributed by atoms with van der Waals surface area (Å²) in [5.74, 6) is 0.947. The van der Waals surface area contributed by atoms with Crippen molar-refractivity contribution in [2.45, 2.75) is 24.2 Å². The van der Waals surface area contributed by atoms with E-state index in [4.69, 9.17) is 16.7 Å². The summed E-state index contributed by atoms with van der Waals surface area (Å²) in [6.45, 7) is 1.47. The lowest BCUT2D eigenvalue weighted by atomic mass is 10.0. The molecule has 114 valence electrons. The Kier molecular flexibility index (Phi) is 3.71. The van der Waals surface area contributed by atoms with Gasteiger partial charge in [0.05, 0.1) is 15.5 Å². The maximum atomic E-state index is 12.6. The molecule has 0 radical (unpaired) electrons. The van der Waals surface area contributed by atoms with Crippen molar-refractivity contribution in [2.75, 3.05) is 13.1 Å². The molecule has 5 nitrogen and oxygen atoms in total. The molecular formula is C14H17ClN2O3S. The van der Waals surface area contributed by atoms with Crippen LogP contribution in [-0.2, 0) is 10.0 Å². The summed E-state index contributed by atoms with van der Waals surface area (Å²) in [4.78, 5) is 14.3. The summed E-state index contributed by atoms with van der Waals surface area (Å²) in [6, 6.07) is 3.99. The lowest BCUT2D eigenvalue weighted by molar-refractivity contribution is 0.0780. The number of amides is 1. The van der Waals surface area contributed by atoms with Gasteiger partial charge in [-0.25, -0.2) is 13.6 Å². The SMILES string of the molecule is NS(=O)(=O)c1ccc(Cl)c(C(=O)N2CC3CCCC3C2)c1. The Labute approximate surface area is 129 Å². The average Bonchev–Trinajstić information content (AvgIpc) is 2.97. The molecule has 2 aliphatic rings. The predicted octanol–water partition coefficient (Wildman–Crippen LogP) is 1.86. The van der Waals surface area contributed by atoms with Crippen LogP contribution in [0.5, 0.6) is 0 Å². The maximum absolute atomic E-state index is 12.6. The summed E-state index contributed by atoms with van der Waals surface area (Å²) < 4.78 is 22.8. The quantitative estimate of drug-likeness (QED) is 0.899. The summed E-state index contributed by atoms with van der Waals surface area (Å²) in [5.41, 5.74) is 0.211. The molecule has 1 amide bonds. The van der Waals surface area contributed by atoms with Crippen molar-refractivity contribution in [1.82, 2.24) is 4.90 Å². The molecule has 0 spiro atoms. The smallest absolute Gasteiger partial charge is 0.255 e. The van der Waals surface area contributed by atoms with Crippen LogP contribution in [-0.4, -0.2) is 32.3 Å². The molecule has 2 fully saturated rings. The van der Waals surface area contributed by atoms with Crippen LogP contribution in [0.4, 0.5) is 0 Å². The molecule has 2 atom stereocenters. The van der Waals surface area contributed by atoms with Crippen molar-refractivity contribution < 1.29 is 13.2 Å². The number of sulfonamides is 1. The van der Waals surface area contributed by atoms with Gasteiger partial charge in [-0.2, -0.15) is 0 Å². The van der Waals surface area contributed by atoms with E-state index in [0.717, 1.165) is 13.1 Å². The lowest BCUT2D eigenvalue weighted by Gasteiger charge is -2.18. The number of primary sulfonamides is 1. The van der Waals surface area contributed by atoms with Gasteiger partial charge < -0.3 is 4.90 Å². The molecule has 1 aromatic rings. The number of benzene rings is 1. The molecule has 21 heavy (non-hydrogen) atoms. The molecule has 1 aliphatic carbocycles. The molecule has 3 rings (SSSR count). The predicted molar refractivity (Wildman–Crippen MR) is 79.6 cm³/mol. The van der Waals surface area contributed by atoms with Crippen molar-refractivity contribution in [1.29, 1.82) is 0 Å². The fourth-order valence-corrected chi connectivity index (χ4v) is 4.15. The van der Waals surface area contributed by atoms with Gasteiger partial charge in [0.15, 0.2) is 0 Å². The Morgan fingerprint density at radius 3 is 2.43 bits per heavy atom. The third-order valence-electron chi connectivity index (χ3n) is 4.51. The summed E-state index contributed by atoms with van der Waals surface area (Å²) in [5, 5.41) is 5.36. The fourth-order valence-electron chi connectivity index (χ4n) is 3.42. The van der Waals surface area contributed by atoms with Crippen LogP contribution >= 0.6 is 11.6 Å². The summed E-state index contributed by atoms with van der Waals surface area (Å²) in [6.07, 6.45) is 3.57. The highest BCUT2D eigenvalue weighted by molar-refractivity contribution is 7.89. The van der Waals surface area contributed by atoms with E-state index in [-0.39, 0.29) is 21.4 Å². The molecule has 2 N–H and O–H groups in total. The first-order chi connectivity index (χ1) is 9.86. The van der Waals surface area contributed by atoms with E-state index in [9.17, 15) is 13.2 Å². The molecule has 1 heterocycles. The van der Waals surface area contributed by atoms with Crippen LogP contribution in [0.15, 0.2) is 23.1 Å². The largest absolute Gasteiger partial charge is 0.338 e. The minimum Gasteiger partial charge on any atom is -0.338 e. The van der Waals surface area contributed by atoms with Crippen molar-refractivity contribution in [3.8, 4) is 0 Å². The normalized spacial score (nSPS) is 25.1. The zero-order chi connectivity index (χ0) is 15.2. The van der Waals surface area contributed by atoms with Crippen molar-refractivity contribution in [3.63, 3.8) is 0 Å². The van der Waals surface area contributed by atoms with Gasteiger partial charge in [-0.15, -0.1) is 0 Å². The molecule has 1 saturated carbocycles. The molecule has 1 aliphatic heterocycles. The highest BCUT2D eigenvalue weighted by Crippen LogP contribution is 2.38. The van der Waals surface area contributed by atoms with E-state index in [2.05, 4.69) is 0 Å². The van der Waals surface area contributed by atoms with Gasteiger partial charge in [-0.3, -0.25) is 4.79 Å². The van der Waals surface area contributed by atoms with E-state index >= 15 is 0 Å². The number of rotatable bonds is 2. The van der Waals surface area contributed by atoms with Crippen molar-refractivity contribution >= 4 is 27.5 Å². The van der Waals surface area contributed by atoms with Gasteiger partial charge in [0.1, 0.15) is 0 Å². The van der Waals surface area contributed by atoms with E-state index in [1.54, 1.807) is 4.90 Å². The Hall–Kier alpha value is -1.11. The number of nitrogens with two attached hydrogens (primary N) is 1. The highest BCUT2D eigenvalue weighted by atomic mass is 35.5. The van der Waals surface area contributed by atoms with Gasteiger partial charge in [0, 0.05) is 13.1 Å². The van der Waals surface area contributed by atoms with Crippen LogP contribution in [0.3, 0.4) is 0 Å². The van der Waals surface area contributed by atoms with Gasteiger partial charge in [0.25, 0.3) is 5.91 Å². The van der Waals surface area contributed by atoms with Crippen LogP contribution in [0, 0.1) is 11.8 Å². The molecule has 2 unspecified atom stereocenters. The molecule has 0 bridgehead atoms. The van der Waals surface area contributed by atoms with Gasteiger partial charge in [-0.05, 0) is 42.9 Å². The minimum atomic E-state index is -3.84. The van der Waals surface area contributed by atoms with Gasteiger partial charge in [-0.1, -0.05) is 18.0 Å². The Bertz CT molecular complexity index is 677. The number of likely N-dealkylation sites (tertiary alicyclic amines) is 1. The van der Waals surface area contributed by atoms with E-state index in [0.29, 0.717) is 11.8 Å². The first kappa shape index (κ1) is 14.8. The second-order valence-electron chi connectivity index (χ2n) is 5.85. The highest BCUT2D eigenvalue weighted by Gasteiger charge is 2.38. The molecule has 1 saturated heterocycles. The second kappa shape index (κ2) is 5.26. The van der Waals surface area contributed by atoms with E-state index < -0.39 is 10.0 Å². The van der Waals surface area contributed by atoms with Crippen LogP contribution in [0.25, 0.3) is 0 Å². The monoisotopic (exact) mass is 328 g/mol. The minimum absolute atomic E-state index is 0.0883. The molecule has 0 aromatic heterocycles. The number of carbonyl (C=O) groups excluding carboxylic acids is 1. The van der Waals surface area contributed by atoms with E-state index in [1.165, 1.54) is 37.5 Å². The first-order valence-electron chi connectivity index (χ1n) is 6.98. The third kappa shape index (κ3) is 2.80. The maximum Gasteiger partial charge on any atom is 0.255 e. The van der Waals surface area contributed by atoms with E-state index in [1.807, 2.05) is 0 Å². The number of fused-ring (bicyclic) bond motifs is 1. The summed E-state index contributed by atoms with van der Waals surface area (Å²) >= 11 is 6.06. The van der Waals surface area contributed by atoms with Crippen molar-refractivity contribution in [3.05, 3.63) is 28.8 Å². The Morgan fingerprint density at radius 1 is 1.24 bits per heavy atom. The lowest BCUT2D eigenvalue weighted by Crippen LogP contribution is -2.30. The number of hydrogen-bond acceptors (Lipinski definition) is 3. The molecule has 7 heteroatoms. The Balaban J connectivity index is 1.88. The van der Waals surface area contributed by atoms with Crippen molar-refractivity contribution in [2.24, 2.45) is 17.0 Å². The van der Waals surface area contributed by atoms with Gasteiger partial charge in [0.2, 0.25) is 10.0 Å². The van der Waals surface area contributed by atoms with Gasteiger partial charge >= 0.3 is 0 Å². The zero-order valence-corrected chi connectivity index (χ0v) is 13.0. The standard InChI is InChI=1S/C14H17ClN2O3S/c15-13-5-4-11(21(16,19)20)6-12(13)14(18)17-7-9-2-1-3-10(9)8-17/h4-6,9-10H,1-3,7-8H2,(H2,16,19,20). The average molecular weight is 329 g/mol.